The van der Waals surface area contributed by atoms with E-state index in [0.717, 1.165) is 0 Å². The number of hydrogen-bond acceptors (Lipinski definition) is 6. The summed E-state index contributed by atoms with van der Waals surface area (Å²) in [5.41, 5.74) is 0. The predicted octanol–water partition coefficient (Wildman–Crippen LogP) is 0.921. The highest BCUT2D eigenvalue weighted by atomic mass is 16.6. The van der Waals surface area contributed by atoms with Crippen molar-refractivity contribution < 1.29 is 28.5 Å². The van der Waals surface area contributed by atoms with Gasteiger partial charge in [0.05, 0.1) is 12.2 Å². The first-order valence-corrected chi connectivity index (χ1v) is 5.76. The third-order valence-electron chi connectivity index (χ3n) is 2.51. The Kier molecular flexibility index (Phi) is 8.32. The molecule has 0 aromatic carbocycles. The fraction of sp³-hybridized carbons (Fsp3) is 0.833. The van der Waals surface area contributed by atoms with Gasteiger partial charge in [0.15, 0.2) is 0 Å². The standard InChI is InChI=1S/C12H22O6/c1-8(15-4)12(18-10(3)14)6-11(16-5)7-17-9(2)13/h8,11-12H,6-7H2,1-5H3/t8-,11-,12+/m1/s1. The summed E-state index contributed by atoms with van der Waals surface area (Å²) < 4.78 is 20.4. The van der Waals surface area contributed by atoms with Crippen LogP contribution < -0.4 is 0 Å². The van der Waals surface area contributed by atoms with E-state index in [0.29, 0.717) is 6.42 Å². The van der Waals surface area contributed by atoms with E-state index in [4.69, 9.17) is 18.9 Å². The summed E-state index contributed by atoms with van der Waals surface area (Å²) >= 11 is 0. The third-order valence-corrected chi connectivity index (χ3v) is 2.51. The molecule has 0 aromatic heterocycles. The maximum Gasteiger partial charge on any atom is 0.302 e. The lowest BCUT2D eigenvalue weighted by Crippen LogP contribution is -2.35. The molecule has 6 heteroatoms. The summed E-state index contributed by atoms with van der Waals surface area (Å²) in [7, 11) is 3.05. The van der Waals surface area contributed by atoms with E-state index in [-0.39, 0.29) is 30.8 Å². The molecule has 6 nitrogen and oxygen atoms in total. The molecule has 0 aromatic rings. The minimum absolute atomic E-state index is 0.125. The summed E-state index contributed by atoms with van der Waals surface area (Å²) in [6.07, 6.45) is -0.633. The molecule has 0 heterocycles. The SMILES string of the molecule is CO[C@@H](COC(C)=O)C[C@H](OC(C)=O)[C@@H](C)OC. The molecule has 0 spiro atoms. The van der Waals surface area contributed by atoms with E-state index in [2.05, 4.69) is 0 Å². The first-order chi connectivity index (χ1) is 8.40. The van der Waals surface area contributed by atoms with Crippen LogP contribution in [0.4, 0.5) is 0 Å². The molecule has 0 bridgehead atoms. The Labute approximate surface area is 108 Å². The van der Waals surface area contributed by atoms with Crippen LogP contribution >= 0.6 is 0 Å². The predicted molar refractivity (Wildman–Crippen MR) is 64.1 cm³/mol. The molecule has 0 radical (unpaired) electrons. The summed E-state index contributed by atoms with van der Waals surface area (Å²) in [4.78, 5) is 21.7. The fourth-order valence-corrected chi connectivity index (χ4v) is 1.40. The highest BCUT2D eigenvalue weighted by Crippen LogP contribution is 2.13. The van der Waals surface area contributed by atoms with Gasteiger partial charge in [0, 0.05) is 34.5 Å². The lowest BCUT2D eigenvalue weighted by atomic mass is 10.1. The van der Waals surface area contributed by atoms with Crippen molar-refractivity contribution in [3.8, 4) is 0 Å². The van der Waals surface area contributed by atoms with E-state index < -0.39 is 6.10 Å². The molecule has 0 unspecified atom stereocenters. The molecule has 3 atom stereocenters. The molecule has 0 aliphatic carbocycles. The second kappa shape index (κ2) is 8.88. The van der Waals surface area contributed by atoms with Crippen LogP contribution in [0.2, 0.25) is 0 Å². The van der Waals surface area contributed by atoms with Crippen LogP contribution in [-0.4, -0.2) is 51.1 Å². The molecule has 0 saturated carbocycles. The monoisotopic (exact) mass is 262 g/mol. The molecule has 0 saturated heterocycles. The van der Waals surface area contributed by atoms with Crippen molar-refractivity contribution in [2.45, 2.75) is 45.5 Å². The van der Waals surface area contributed by atoms with Crippen LogP contribution in [0.25, 0.3) is 0 Å². The summed E-state index contributed by atoms with van der Waals surface area (Å²) in [5.74, 6) is -0.757. The first kappa shape index (κ1) is 16.9. The minimum atomic E-state index is -0.437. The molecule has 0 rings (SSSR count). The van der Waals surface area contributed by atoms with Gasteiger partial charge in [-0.1, -0.05) is 0 Å². The Morgan fingerprint density at radius 1 is 1.06 bits per heavy atom. The topological polar surface area (TPSA) is 71.1 Å². The van der Waals surface area contributed by atoms with Gasteiger partial charge < -0.3 is 18.9 Å². The Morgan fingerprint density at radius 3 is 2.06 bits per heavy atom. The summed E-state index contributed by atoms with van der Waals surface area (Å²) in [6, 6.07) is 0. The van der Waals surface area contributed by atoms with Crippen molar-refractivity contribution in [3.63, 3.8) is 0 Å². The zero-order chi connectivity index (χ0) is 14.1. The van der Waals surface area contributed by atoms with Crippen molar-refractivity contribution >= 4 is 11.9 Å². The van der Waals surface area contributed by atoms with E-state index in [9.17, 15) is 9.59 Å². The van der Waals surface area contributed by atoms with Crippen molar-refractivity contribution in [1.82, 2.24) is 0 Å². The van der Waals surface area contributed by atoms with Gasteiger partial charge in [-0.2, -0.15) is 0 Å². The van der Waals surface area contributed by atoms with Gasteiger partial charge in [0.25, 0.3) is 0 Å². The Morgan fingerprint density at radius 2 is 1.67 bits per heavy atom. The van der Waals surface area contributed by atoms with Gasteiger partial charge in [0.2, 0.25) is 0 Å². The summed E-state index contributed by atoms with van der Waals surface area (Å²) in [5, 5.41) is 0. The van der Waals surface area contributed by atoms with Gasteiger partial charge in [-0.25, -0.2) is 0 Å². The number of ether oxygens (including phenoxy) is 4. The average molecular weight is 262 g/mol. The van der Waals surface area contributed by atoms with Crippen LogP contribution in [-0.2, 0) is 28.5 Å². The summed E-state index contributed by atoms with van der Waals surface area (Å²) in [6.45, 7) is 4.59. The molecule has 0 aliphatic rings. The number of carbonyl (C=O) groups is 2. The van der Waals surface area contributed by atoms with Gasteiger partial charge in [0.1, 0.15) is 12.7 Å². The fourth-order valence-electron chi connectivity index (χ4n) is 1.40. The minimum Gasteiger partial charge on any atom is -0.463 e. The van der Waals surface area contributed by atoms with Gasteiger partial charge >= 0.3 is 11.9 Å². The Hall–Kier alpha value is -1.14. The second-order valence-electron chi connectivity index (χ2n) is 3.98. The van der Waals surface area contributed by atoms with Crippen LogP contribution in [0.15, 0.2) is 0 Å². The molecule has 0 amide bonds. The van der Waals surface area contributed by atoms with E-state index in [1.807, 2.05) is 0 Å². The second-order valence-corrected chi connectivity index (χ2v) is 3.98. The van der Waals surface area contributed by atoms with Crippen LogP contribution in [0.1, 0.15) is 27.2 Å². The van der Waals surface area contributed by atoms with Crippen molar-refractivity contribution in [3.05, 3.63) is 0 Å². The number of hydrogen-bond donors (Lipinski definition) is 0. The normalized spacial score (nSPS) is 15.6. The highest BCUT2D eigenvalue weighted by Gasteiger charge is 2.25. The van der Waals surface area contributed by atoms with Gasteiger partial charge in [-0.15, -0.1) is 0 Å². The molecule has 18 heavy (non-hydrogen) atoms. The average Bonchev–Trinajstić information content (AvgIpc) is 2.31. The third kappa shape index (κ3) is 7.24. The highest BCUT2D eigenvalue weighted by molar-refractivity contribution is 5.66. The lowest BCUT2D eigenvalue weighted by molar-refractivity contribution is -0.158. The molecule has 0 N–H and O–H groups in total. The van der Waals surface area contributed by atoms with E-state index in [1.165, 1.54) is 28.1 Å². The first-order valence-electron chi connectivity index (χ1n) is 5.76. The van der Waals surface area contributed by atoms with Crippen molar-refractivity contribution in [2.24, 2.45) is 0 Å². The lowest BCUT2D eigenvalue weighted by Gasteiger charge is -2.26. The molecule has 0 aliphatic heterocycles. The Bertz CT molecular complexity index is 265. The maximum absolute atomic E-state index is 11.0. The van der Waals surface area contributed by atoms with Crippen LogP contribution in [0.3, 0.4) is 0 Å². The van der Waals surface area contributed by atoms with Crippen LogP contribution in [0.5, 0.6) is 0 Å². The van der Waals surface area contributed by atoms with E-state index >= 15 is 0 Å². The van der Waals surface area contributed by atoms with E-state index in [1.54, 1.807) is 6.92 Å². The molecule has 106 valence electrons. The Balaban J connectivity index is 4.41. The zero-order valence-corrected chi connectivity index (χ0v) is 11.6. The van der Waals surface area contributed by atoms with Gasteiger partial charge in [-0.05, 0) is 6.92 Å². The zero-order valence-electron chi connectivity index (χ0n) is 11.6. The molecular weight excluding hydrogens is 240 g/mol. The van der Waals surface area contributed by atoms with Crippen LogP contribution in [0, 0.1) is 0 Å². The van der Waals surface area contributed by atoms with Gasteiger partial charge in [-0.3, -0.25) is 9.59 Å². The van der Waals surface area contributed by atoms with Crippen molar-refractivity contribution in [2.75, 3.05) is 20.8 Å². The smallest absolute Gasteiger partial charge is 0.302 e. The number of carbonyl (C=O) groups excluding carboxylic acids is 2. The largest absolute Gasteiger partial charge is 0.463 e. The maximum atomic E-state index is 11.0. The molecular formula is C12H22O6. The molecule has 0 fully saturated rings. The number of rotatable bonds is 8. The number of esters is 2. The number of methoxy groups -OCH3 is 2. The quantitative estimate of drug-likeness (QED) is 0.606. The van der Waals surface area contributed by atoms with Crippen molar-refractivity contribution in [1.29, 1.82) is 0 Å².